The number of nitrogens with two attached hydrogens (primary N) is 1. The van der Waals surface area contributed by atoms with Crippen LogP contribution in [0.4, 0.5) is 13.2 Å². The molecule has 0 heterocycles. The summed E-state index contributed by atoms with van der Waals surface area (Å²) in [4.78, 5) is 11.8. The number of rotatable bonds is 5. The van der Waals surface area contributed by atoms with E-state index in [-0.39, 0.29) is 12.1 Å². The lowest BCUT2D eigenvalue weighted by Crippen LogP contribution is -2.32. The van der Waals surface area contributed by atoms with Gasteiger partial charge in [0, 0.05) is 12.5 Å². The summed E-state index contributed by atoms with van der Waals surface area (Å²) in [5.41, 5.74) is -0.638. The summed E-state index contributed by atoms with van der Waals surface area (Å²) in [5.74, 6) is -1.92. The summed E-state index contributed by atoms with van der Waals surface area (Å²) in [5, 5.41) is 7.18. The van der Waals surface area contributed by atoms with Gasteiger partial charge in [0.25, 0.3) is 0 Å². The first-order valence-electron chi connectivity index (χ1n) is 6.54. The molecule has 0 bridgehead atoms. The van der Waals surface area contributed by atoms with Crippen LogP contribution < -0.4 is 10.5 Å². The van der Waals surface area contributed by atoms with E-state index in [9.17, 15) is 26.4 Å². The van der Waals surface area contributed by atoms with Gasteiger partial charge in [-0.1, -0.05) is 18.2 Å². The van der Waals surface area contributed by atoms with Gasteiger partial charge in [0.05, 0.1) is 11.3 Å². The van der Waals surface area contributed by atoms with E-state index in [1.807, 2.05) is 0 Å². The predicted octanol–water partition coefficient (Wildman–Crippen LogP) is 1.21. The average Bonchev–Trinajstić information content (AvgIpc) is 3.16. The molecule has 1 amide bonds. The Kier molecular flexibility index (Phi) is 4.48. The van der Waals surface area contributed by atoms with Gasteiger partial charge in [0.1, 0.15) is 0 Å². The number of sulfonamides is 1. The molecule has 1 aromatic carbocycles. The Labute approximate surface area is 125 Å². The van der Waals surface area contributed by atoms with Crippen molar-refractivity contribution in [3.05, 3.63) is 35.4 Å². The Hall–Kier alpha value is -1.61. The number of alkyl halides is 3. The molecule has 1 aliphatic rings. The maximum absolute atomic E-state index is 12.9. The van der Waals surface area contributed by atoms with E-state index in [1.165, 1.54) is 18.2 Å². The van der Waals surface area contributed by atoms with Gasteiger partial charge in [-0.2, -0.15) is 13.2 Å². The summed E-state index contributed by atoms with van der Waals surface area (Å²) in [6, 6.07) is 5.16. The van der Waals surface area contributed by atoms with Gasteiger partial charge < -0.3 is 5.32 Å². The van der Waals surface area contributed by atoms with E-state index in [1.54, 1.807) is 0 Å². The van der Waals surface area contributed by atoms with E-state index < -0.39 is 45.3 Å². The van der Waals surface area contributed by atoms with Crippen LogP contribution in [0.2, 0.25) is 0 Å². The minimum atomic E-state index is -4.46. The molecule has 5 nitrogen and oxygen atoms in total. The Morgan fingerprint density at radius 3 is 2.55 bits per heavy atom. The van der Waals surface area contributed by atoms with Crippen LogP contribution >= 0.6 is 0 Å². The maximum Gasteiger partial charge on any atom is 0.416 e. The van der Waals surface area contributed by atoms with Crippen molar-refractivity contribution in [3.63, 3.8) is 0 Å². The van der Waals surface area contributed by atoms with Crippen molar-refractivity contribution in [1.29, 1.82) is 0 Å². The van der Waals surface area contributed by atoms with E-state index in [0.29, 0.717) is 6.42 Å². The summed E-state index contributed by atoms with van der Waals surface area (Å²) >= 11 is 0. The van der Waals surface area contributed by atoms with Crippen LogP contribution in [0.15, 0.2) is 24.3 Å². The molecule has 122 valence electrons. The molecule has 3 N–H and O–H groups in total. The monoisotopic (exact) mass is 336 g/mol. The van der Waals surface area contributed by atoms with Crippen molar-refractivity contribution in [2.45, 2.75) is 18.5 Å². The maximum atomic E-state index is 12.9. The summed E-state index contributed by atoms with van der Waals surface area (Å²) in [6.07, 6.45) is -4.15. The Morgan fingerprint density at radius 1 is 1.32 bits per heavy atom. The molecule has 0 unspecified atom stereocenters. The molecule has 1 fully saturated rings. The first-order chi connectivity index (χ1) is 10.1. The Bertz CT molecular complexity index is 673. The van der Waals surface area contributed by atoms with Crippen LogP contribution in [0.5, 0.6) is 0 Å². The molecule has 0 spiro atoms. The largest absolute Gasteiger partial charge is 0.416 e. The van der Waals surface area contributed by atoms with E-state index in [4.69, 9.17) is 5.14 Å². The molecule has 1 saturated carbocycles. The van der Waals surface area contributed by atoms with Gasteiger partial charge in [0.2, 0.25) is 15.9 Å². The topological polar surface area (TPSA) is 89.3 Å². The molecule has 0 aliphatic heterocycles. The van der Waals surface area contributed by atoms with Crippen LogP contribution in [0.1, 0.15) is 23.5 Å². The molecule has 2 atom stereocenters. The number of primary sulfonamides is 1. The van der Waals surface area contributed by atoms with E-state index in [2.05, 4.69) is 5.32 Å². The number of carbonyl (C=O) groups excluding carboxylic acids is 1. The highest BCUT2D eigenvalue weighted by Crippen LogP contribution is 2.50. The number of hydrogen-bond acceptors (Lipinski definition) is 3. The molecule has 0 saturated heterocycles. The number of carbonyl (C=O) groups is 1. The second-order valence-electron chi connectivity index (χ2n) is 5.19. The third kappa shape index (κ3) is 4.20. The van der Waals surface area contributed by atoms with Crippen molar-refractivity contribution in [3.8, 4) is 0 Å². The van der Waals surface area contributed by atoms with E-state index >= 15 is 0 Å². The number of halogens is 3. The number of hydrogen-bond donors (Lipinski definition) is 2. The Balaban J connectivity index is 2.00. The lowest BCUT2D eigenvalue weighted by molar-refractivity contribution is -0.138. The summed E-state index contributed by atoms with van der Waals surface area (Å²) in [6.45, 7) is -0.151. The lowest BCUT2D eigenvalue weighted by atomic mass is 10.0. The average molecular weight is 336 g/mol. The molecule has 9 heteroatoms. The molecule has 1 aliphatic carbocycles. The summed E-state index contributed by atoms with van der Waals surface area (Å²) < 4.78 is 60.2. The van der Waals surface area contributed by atoms with Crippen LogP contribution in [0, 0.1) is 5.92 Å². The second-order valence-corrected chi connectivity index (χ2v) is 6.93. The van der Waals surface area contributed by atoms with Crippen LogP contribution in [0.3, 0.4) is 0 Å². The molecular formula is C13H15F3N2O3S. The second kappa shape index (κ2) is 5.88. The third-order valence-corrected chi connectivity index (χ3v) is 4.25. The lowest BCUT2D eigenvalue weighted by Gasteiger charge is -2.12. The molecule has 22 heavy (non-hydrogen) atoms. The van der Waals surface area contributed by atoms with Crippen LogP contribution in [-0.2, 0) is 21.0 Å². The normalized spacial score (nSPS) is 21.5. The molecule has 0 radical (unpaired) electrons. The zero-order valence-corrected chi connectivity index (χ0v) is 12.2. The molecule has 2 rings (SSSR count). The van der Waals surface area contributed by atoms with Gasteiger partial charge in [-0.25, -0.2) is 13.6 Å². The fourth-order valence-corrected chi connectivity index (χ4v) is 2.74. The minimum Gasteiger partial charge on any atom is -0.355 e. The Morgan fingerprint density at radius 2 is 1.95 bits per heavy atom. The smallest absolute Gasteiger partial charge is 0.355 e. The van der Waals surface area contributed by atoms with Gasteiger partial charge in [-0.05, 0) is 24.0 Å². The number of nitrogens with one attached hydrogen (secondary N) is 1. The molecule has 0 aromatic heterocycles. The first kappa shape index (κ1) is 16.8. The van der Waals surface area contributed by atoms with Gasteiger partial charge in [-0.15, -0.1) is 0 Å². The standard InChI is InChI=1S/C13H15F3N2O3S/c14-13(15,16)11-4-2-1-3-8(11)9-7-10(9)12(19)18-5-6-22(17,20)21/h1-4,9-10H,5-7H2,(H,18,19)(H2,17,20,21)/t9-,10-/m0/s1. The van der Waals surface area contributed by atoms with Crippen molar-refractivity contribution >= 4 is 15.9 Å². The van der Waals surface area contributed by atoms with Crippen molar-refractivity contribution in [1.82, 2.24) is 5.32 Å². The fourth-order valence-electron chi connectivity index (χ4n) is 2.35. The van der Waals surface area contributed by atoms with Crippen LogP contribution in [-0.4, -0.2) is 26.6 Å². The van der Waals surface area contributed by atoms with Crippen molar-refractivity contribution < 1.29 is 26.4 Å². The van der Waals surface area contributed by atoms with Crippen LogP contribution in [0.25, 0.3) is 0 Å². The highest BCUT2D eigenvalue weighted by atomic mass is 32.2. The van der Waals surface area contributed by atoms with Gasteiger partial charge in [0.15, 0.2) is 0 Å². The minimum absolute atomic E-state index is 0.0987. The SMILES string of the molecule is NS(=O)(=O)CCNC(=O)[C@H]1C[C@H]1c1ccccc1C(F)(F)F. The quantitative estimate of drug-likeness (QED) is 0.847. The van der Waals surface area contributed by atoms with Gasteiger partial charge >= 0.3 is 6.18 Å². The fraction of sp³-hybridized carbons (Fsp3) is 0.462. The highest BCUT2D eigenvalue weighted by molar-refractivity contribution is 7.89. The zero-order chi connectivity index (χ0) is 16.5. The first-order valence-corrected chi connectivity index (χ1v) is 8.25. The molecular weight excluding hydrogens is 321 g/mol. The highest BCUT2D eigenvalue weighted by Gasteiger charge is 2.47. The number of benzene rings is 1. The van der Waals surface area contributed by atoms with Crippen molar-refractivity contribution in [2.24, 2.45) is 11.1 Å². The van der Waals surface area contributed by atoms with Gasteiger partial charge in [-0.3, -0.25) is 4.79 Å². The predicted molar refractivity (Wildman–Crippen MR) is 73.3 cm³/mol. The zero-order valence-electron chi connectivity index (χ0n) is 11.4. The molecule has 1 aromatic rings. The third-order valence-electron chi connectivity index (χ3n) is 3.48. The number of amides is 1. The van der Waals surface area contributed by atoms with E-state index in [0.717, 1.165) is 6.07 Å². The van der Waals surface area contributed by atoms with Crippen molar-refractivity contribution in [2.75, 3.05) is 12.3 Å². The summed E-state index contributed by atoms with van der Waals surface area (Å²) in [7, 11) is -3.68.